The minimum Gasteiger partial charge on any atom is -0.497 e. The van der Waals surface area contributed by atoms with Crippen molar-refractivity contribution in [2.45, 2.75) is 40.3 Å². The number of aryl methyl sites for hydroxylation is 1. The number of carboxylic acid groups (broad SMARTS) is 1. The minimum absolute atomic E-state index is 0.391. The van der Waals surface area contributed by atoms with E-state index in [1.807, 2.05) is 44.2 Å². The van der Waals surface area contributed by atoms with Gasteiger partial charge in [0.1, 0.15) is 11.5 Å². The van der Waals surface area contributed by atoms with Gasteiger partial charge >= 0.3 is 5.97 Å². The molecule has 1 aromatic heterocycles. The van der Waals surface area contributed by atoms with E-state index in [1.165, 1.54) is 11.1 Å². The highest BCUT2D eigenvalue weighted by Crippen LogP contribution is 2.26. The molecule has 0 saturated heterocycles. The highest BCUT2D eigenvalue weighted by atomic mass is 16.5. The number of carbonyl (C=O) groups is 1. The van der Waals surface area contributed by atoms with Crippen LogP contribution in [0.1, 0.15) is 44.0 Å². The average Bonchev–Trinajstić information content (AvgIpc) is 3.02. The van der Waals surface area contributed by atoms with Crippen molar-refractivity contribution in [3.8, 4) is 11.5 Å². The van der Waals surface area contributed by atoms with E-state index >= 15 is 0 Å². The number of methoxy groups -OCH3 is 2. The second kappa shape index (κ2) is 10.4. The lowest BCUT2D eigenvalue weighted by Gasteiger charge is -2.13. The van der Waals surface area contributed by atoms with Gasteiger partial charge in [-0.15, -0.1) is 0 Å². The molecule has 6 heteroatoms. The van der Waals surface area contributed by atoms with Crippen LogP contribution in [0.4, 0.5) is 0 Å². The molecule has 1 heterocycles. The monoisotopic (exact) mass is 436 g/mol. The van der Waals surface area contributed by atoms with Gasteiger partial charge in [-0.25, -0.2) is 4.79 Å². The molecule has 2 aromatic carbocycles. The lowest BCUT2D eigenvalue weighted by atomic mass is 10.1. The Kier molecular flexibility index (Phi) is 7.59. The summed E-state index contributed by atoms with van der Waals surface area (Å²) in [6.45, 7) is 7.80. The molecule has 3 aromatic rings. The number of nitrogens with zero attached hydrogens (tertiary/aromatic N) is 1. The van der Waals surface area contributed by atoms with E-state index in [-0.39, 0.29) is 0 Å². The second-order valence-electron chi connectivity index (χ2n) is 7.95. The summed E-state index contributed by atoms with van der Waals surface area (Å²) in [5, 5.41) is 13.3. The first-order chi connectivity index (χ1) is 15.4. The van der Waals surface area contributed by atoms with Gasteiger partial charge in [0.2, 0.25) is 0 Å². The van der Waals surface area contributed by atoms with E-state index in [0.29, 0.717) is 25.2 Å². The van der Waals surface area contributed by atoms with E-state index in [1.54, 1.807) is 14.2 Å². The summed E-state index contributed by atoms with van der Waals surface area (Å²) in [6.07, 6.45) is 0.741. The van der Waals surface area contributed by atoms with Crippen molar-refractivity contribution in [2.75, 3.05) is 20.8 Å². The van der Waals surface area contributed by atoms with Gasteiger partial charge in [0.25, 0.3) is 0 Å². The Morgan fingerprint density at radius 2 is 1.75 bits per heavy atom. The number of aromatic nitrogens is 1. The molecule has 0 saturated carbocycles. The summed E-state index contributed by atoms with van der Waals surface area (Å²) in [7, 11) is 3.30. The predicted molar refractivity (Wildman–Crippen MR) is 126 cm³/mol. The van der Waals surface area contributed by atoms with Gasteiger partial charge in [0.15, 0.2) is 0 Å². The Bertz CT molecular complexity index is 1100. The molecule has 0 unspecified atom stereocenters. The molecule has 0 spiro atoms. The first-order valence-electron chi connectivity index (χ1n) is 10.7. The van der Waals surface area contributed by atoms with Crippen molar-refractivity contribution in [1.29, 1.82) is 0 Å². The van der Waals surface area contributed by atoms with Crippen LogP contribution in [0.25, 0.3) is 0 Å². The van der Waals surface area contributed by atoms with Gasteiger partial charge in [0.05, 0.1) is 19.8 Å². The molecule has 0 aliphatic heterocycles. The zero-order chi connectivity index (χ0) is 23.3. The van der Waals surface area contributed by atoms with Gasteiger partial charge in [0, 0.05) is 30.0 Å². The number of aromatic carboxylic acids is 1. The molecule has 0 radical (unpaired) electrons. The fourth-order valence-electron chi connectivity index (χ4n) is 4.16. The average molecular weight is 437 g/mol. The summed E-state index contributed by atoms with van der Waals surface area (Å²) in [4.78, 5) is 12.1. The van der Waals surface area contributed by atoms with Crippen LogP contribution in [0.3, 0.4) is 0 Å². The van der Waals surface area contributed by atoms with Crippen LogP contribution in [-0.2, 0) is 19.5 Å². The highest BCUT2D eigenvalue weighted by Gasteiger charge is 2.22. The van der Waals surface area contributed by atoms with Crippen LogP contribution in [-0.4, -0.2) is 36.4 Å². The van der Waals surface area contributed by atoms with Crippen molar-refractivity contribution in [2.24, 2.45) is 0 Å². The Balaban J connectivity index is 1.77. The molecule has 0 bridgehead atoms. The van der Waals surface area contributed by atoms with Crippen molar-refractivity contribution in [3.05, 3.63) is 81.7 Å². The topological polar surface area (TPSA) is 72.7 Å². The Hall–Kier alpha value is -3.25. The lowest BCUT2D eigenvalue weighted by molar-refractivity contribution is 0.0694. The van der Waals surface area contributed by atoms with Gasteiger partial charge in [-0.1, -0.05) is 24.3 Å². The third-order valence-electron chi connectivity index (χ3n) is 6.07. The van der Waals surface area contributed by atoms with Crippen LogP contribution >= 0.6 is 0 Å². The zero-order valence-electron chi connectivity index (χ0n) is 19.5. The smallest absolute Gasteiger partial charge is 0.337 e. The lowest BCUT2D eigenvalue weighted by Crippen LogP contribution is -2.19. The van der Waals surface area contributed by atoms with E-state index in [2.05, 4.69) is 28.9 Å². The summed E-state index contributed by atoms with van der Waals surface area (Å²) < 4.78 is 12.9. The third-order valence-corrected chi connectivity index (χ3v) is 6.07. The number of nitrogens with one attached hydrogen (secondary N) is 1. The number of carboxylic acids is 1. The Morgan fingerprint density at radius 3 is 2.41 bits per heavy atom. The first kappa shape index (κ1) is 23.4. The Morgan fingerprint density at radius 1 is 1.00 bits per heavy atom. The molecule has 0 fully saturated rings. The molecular formula is C26H32N2O4. The number of hydrogen-bond acceptors (Lipinski definition) is 4. The molecule has 0 aliphatic carbocycles. The van der Waals surface area contributed by atoms with Crippen molar-refractivity contribution >= 4 is 5.97 Å². The number of benzene rings is 2. The SMILES string of the molecule is COc1ccc(OC)c(CCNCc2c(C(=O)O)c(C)n(Cc3ccccc3C)c2C)c1. The van der Waals surface area contributed by atoms with Crippen molar-refractivity contribution in [3.63, 3.8) is 0 Å². The molecular weight excluding hydrogens is 404 g/mol. The van der Waals surface area contributed by atoms with E-state index in [0.717, 1.165) is 40.4 Å². The van der Waals surface area contributed by atoms with Crippen molar-refractivity contribution < 1.29 is 19.4 Å². The second-order valence-corrected chi connectivity index (χ2v) is 7.95. The van der Waals surface area contributed by atoms with Crippen LogP contribution < -0.4 is 14.8 Å². The Labute approximate surface area is 189 Å². The summed E-state index contributed by atoms with van der Waals surface area (Å²) in [5.41, 5.74) is 6.42. The maximum atomic E-state index is 12.1. The largest absolute Gasteiger partial charge is 0.497 e. The van der Waals surface area contributed by atoms with Crippen LogP contribution in [0.5, 0.6) is 11.5 Å². The maximum Gasteiger partial charge on any atom is 0.337 e. The molecule has 0 aliphatic rings. The fraction of sp³-hybridized carbons (Fsp3) is 0.346. The molecule has 0 atom stereocenters. The normalized spacial score (nSPS) is 10.9. The summed E-state index contributed by atoms with van der Waals surface area (Å²) in [6, 6.07) is 13.9. The van der Waals surface area contributed by atoms with Crippen LogP contribution in [0, 0.1) is 20.8 Å². The van der Waals surface area contributed by atoms with Gasteiger partial charge in [-0.2, -0.15) is 0 Å². The quantitative estimate of drug-likeness (QED) is 0.458. The van der Waals surface area contributed by atoms with Crippen LogP contribution in [0.15, 0.2) is 42.5 Å². The first-order valence-corrected chi connectivity index (χ1v) is 10.7. The van der Waals surface area contributed by atoms with Crippen molar-refractivity contribution in [1.82, 2.24) is 9.88 Å². The van der Waals surface area contributed by atoms with E-state index in [4.69, 9.17) is 9.47 Å². The van der Waals surface area contributed by atoms with Gasteiger partial charge in [-0.05, 0) is 68.6 Å². The maximum absolute atomic E-state index is 12.1. The standard InChI is InChI=1S/C26H32N2O4/c1-17-8-6-7-9-21(17)16-28-18(2)23(25(19(28)3)26(29)30)15-27-13-12-20-14-22(31-4)10-11-24(20)32-5/h6-11,14,27H,12-13,15-16H2,1-5H3,(H,29,30). The van der Waals surface area contributed by atoms with E-state index < -0.39 is 5.97 Å². The predicted octanol–water partition coefficient (Wildman–Crippen LogP) is 4.51. The number of hydrogen-bond donors (Lipinski definition) is 2. The molecule has 3 rings (SSSR count). The summed E-state index contributed by atoms with van der Waals surface area (Å²) >= 11 is 0. The molecule has 0 amide bonds. The fourth-order valence-corrected chi connectivity index (χ4v) is 4.16. The number of ether oxygens (including phenoxy) is 2. The molecule has 6 nitrogen and oxygen atoms in total. The zero-order valence-corrected chi connectivity index (χ0v) is 19.5. The van der Waals surface area contributed by atoms with Gasteiger partial charge < -0.3 is 24.5 Å². The van der Waals surface area contributed by atoms with Crippen LogP contribution in [0.2, 0.25) is 0 Å². The molecule has 2 N–H and O–H groups in total. The molecule has 32 heavy (non-hydrogen) atoms. The van der Waals surface area contributed by atoms with E-state index in [9.17, 15) is 9.90 Å². The number of rotatable bonds is 10. The third kappa shape index (κ3) is 4.97. The minimum atomic E-state index is -0.889. The highest BCUT2D eigenvalue weighted by molar-refractivity contribution is 5.91. The summed E-state index contributed by atoms with van der Waals surface area (Å²) in [5.74, 6) is 0.712. The van der Waals surface area contributed by atoms with Gasteiger partial charge in [-0.3, -0.25) is 0 Å². The molecule has 170 valence electrons.